The van der Waals surface area contributed by atoms with Crippen molar-refractivity contribution in [3.05, 3.63) is 52.5 Å². The molecule has 1 atom stereocenters. The van der Waals surface area contributed by atoms with E-state index in [4.69, 9.17) is 0 Å². The van der Waals surface area contributed by atoms with Gasteiger partial charge in [0.25, 0.3) is 5.91 Å². The van der Waals surface area contributed by atoms with Crippen LogP contribution < -0.4 is 5.32 Å². The first-order valence-electron chi connectivity index (χ1n) is 10.3. The minimum absolute atomic E-state index is 0.0535. The maximum absolute atomic E-state index is 13.0. The van der Waals surface area contributed by atoms with E-state index in [9.17, 15) is 9.59 Å². The fraction of sp³-hybridized carbons (Fsp3) is 0.500. The Kier molecular flexibility index (Phi) is 4.67. The molecule has 2 aromatic heterocycles. The SMILES string of the molecule is O=C(c1cccs1)N1CCC2(CC1)CN(Cc1cccnc1)CC21CCNC1=O. The van der Waals surface area contributed by atoms with Crippen molar-refractivity contribution < 1.29 is 9.59 Å². The van der Waals surface area contributed by atoms with Crippen molar-refractivity contribution in [1.29, 1.82) is 0 Å². The Labute approximate surface area is 174 Å². The molecule has 5 heterocycles. The van der Waals surface area contributed by atoms with Crippen LogP contribution in [0.4, 0.5) is 0 Å². The second-order valence-corrected chi connectivity index (χ2v) is 9.59. The maximum Gasteiger partial charge on any atom is 0.263 e. The highest BCUT2D eigenvalue weighted by Crippen LogP contribution is 2.56. The third kappa shape index (κ3) is 3.07. The van der Waals surface area contributed by atoms with Gasteiger partial charge in [-0.05, 0) is 42.3 Å². The zero-order chi connectivity index (χ0) is 19.9. The summed E-state index contributed by atoms with van der Waals surface area (Å²) >= 11 is 1.50. The summed E-state index contributed by atoms with van der Waals surface area (Å²) in [7, 11) is 0. The van der Waals surface area contributed by atoms with E-state index < -0.39 is 0 Å². The number of hydrogen-bond acceptors (Lipinski definition) is 5. The van der Waals surface area contributed by atoms with Gasteiger partial charge in [0.2, 0.25) is 5.91 Å². The predicted molar refractivity (Wildman–Crippen MR) is 111 cm³/mol. The molecule has 3 aliphatic heterocycles. The standard InChI is InChI=1S/C22H26N4O2S/c27-19(18-4-2-12-29-18)26-10-6-21(7-11-26)15-25(14-17-3-1-8-23-13-17)16-22(21)5-9-24-20(22)28/h1-4,8,12-13H,5-7,9-11,14-16H2,(H,24,28). The largest absolute Gasteiger partial charge is 0.356 e. The van der Waals surface area contributed by atoms with E-state index in [0.717, 1.165) is 63.4 Å². The summed E-state index contributed by atoms with van der Waals surface area (Å²) in [5.41, 5.74) is 0.804. The third-order valence-electron chi connectivity index (χ3n) is 7.18. The molecule has 0 aliphatic carbocycles. The molecular weight excluding hydrogens is 384 g/mol. The number of pyridine rings is 1. The minimum Gasteiger partial charge on any atom is -0.356 e. The molecule has 3 fully saturated rings. The van der Waals surface area contributed by atoms with Crippen LogP contribution in [-0.2, 0) is 11.3 Å². The molecule has 29 heavy (non-hydrogen) atoms. The van der Waals surface area contributed by atoms with Gasteiger partial charge in [-0.2, -0.15) is 0 Å². The highest BCUT2D eigenvalue weighted by Gasteiger charge is 2.63. The molecule has 2 spiro atoms. The monoisotopic (exact) mass is 410 g/mol. The molecule has 2 amide bonds. The summed E-state index contributed by atoms with van der Waals surface area (Å²) in [6.45, 7) is 4.75. The number of hydrogen-bond donors (Lipinski definition) is 1. The maximum atomic E-state index is 13.0. The van der Waals surface area contributed by atoms with E-state index in [2.05, 4.69) is 21.3 Å². The van der Waals surface area contributed by atoms with Gasteiger partial charge in [-0.1, -0.05) is 12.1 Å². The first kappa shape index (κ1) is 18.8. The number of likely N-dealkylation sites (tertiary alicyclic amines) is 2. The van der Waals surface area contributed by atoms with Crippen LogP contribution >= 0.6 is 11.3 Å². The first-order chi connectivity index (χ1) is 14.1. The Bertz CT molecular complexity index is 893. The summed E-state index contributed by atoms with van der Waals surface area (Å²) in [6, 6.07) is 7.89. The Morgan fingerprint density at radius 1 is 1.17 bits per heavy atom. The van der Waals surface area contributed by atoms with Gasteiger partial charge in [0.15, 0.2) is 0 Å². The quantitative estimate of drug-likeness (QED) is 0.844. The molecule has 6 nitrogen and oxygen atoms in total. The van der Waals surface area contributed by atoms with Crippen LogP contribution in [0.2, 0.25) is 0 Å². The van der Waals surface area contributed by atoms with Gasteiger partial charge in [0, 0.05) is 57.1 Å². The van der Waals surface area contributed by atoms with Crippen molar-refractivity contribution in [3.63, 3.8) is 0 Å². The molecule has 0 bridgehead atoms. The molecule has 2 aromatic rings. The molecule has 7 heteroatoms. The average molecular weight is 411 g/mol. The van der Waals surface area contributed by atoms with Crippen LogP contribution in [0.15, 0.2) is 42.0 Å². The highest BCUT2D eigenvalue weighted by molar-refractivity contribution is 7.12. The van der Waals surface area contributed by atoms with Crippen molar-refractivity contribution in [2.75, 3.05) is 32.7 Å². The Morgan fingerprint density at radius 2 is 2.03 bits per heavy atom. The topological polar surface area (TPSA) is 65.5 Å². The van der Waals surface area contributed by atoms with E-state index in [1.165, 1.54) is 16.9 Å². The fourth-order valence-electron chi connectivity index (χ4n) is 5.71. The van der Waals surface area contributed by atoms with Gasteiger partial charge in [0.1, 0.15) is 0 Å². The van der Waals surface area contributed by atoms with Gasteiger partial charge >= 0.3 is 0 Å². The summed E-state index contributed by atoms with van der Waals surface area (Å²) < 4.78 is 0. The van der Waals surface area contributed by atoms with Gasteiger partial charge in [-0.25, -0.2) is 0 Å². The second kappa shape index (κ2) is 7.22. The molecule has 152 valence electrons. The van der Waals surface area contributed by atoms with Crippen molar-refractivity contribution in [3.8, 4) is 0 Å². The normalized spacial score (nSPS) is 26.3. The molecule has 3 saturated heterocycles. The lowest BCUT2D eigenvalue weighted by atomic mass is 9.60. The van der Waals surface area contributed by atoms with Gasteiger partial charge in [0.05, 0.1) is 10.3 Å². The molecule has 3 aliphatic rings. The predicted octanol–water partition coefficient (Wildman–Crippen LogP) is 2.39. The number of nitrogens with one attached hydrogen (secondary N) is 1. The van der Waals surface area contributed by atoms with Crippen molar-refractivity contribution in [1.82, 2.24) is 20.1 Å². The van der Waals surface area contributed by atoms with Gasteiger partial charge < -0.3 is 10.2 Å². The lowest BCUT2D eigenvalue weighted by Gasteiger charge is -2.46. The van der Waals surface area contributed by atoms with E-state index in [1.54, 1.807) is 6.20 Å². The highest BCUT2D eigenvalue weighted by atomic mass is 32.1. The van der Waals surface area contributed by atoms with Crippen molar-refractivity contribution in [2.24, 2.45) is 10.8 Å². The number of aromatic nitrogens is 1. The van der Waals surface area contributed by atoms with Crippen LogP contribution in [0.1, 0.15) is 34.5 Å². The van der Waals surface area contributed by atoms with Gasteiger partial charge in [-0.3, -0.25) is 19.5 Å². The molecule has 5 rings (SSSR count). The van der Waals surface area contributed by atoms with Crippen LogP contribution in [0.25, 0.3) is 0 Å². The number of thiophene rings is 1. The smallest absolute Gasteiger partial charge is 0.263 e. The van der Waals surface area contributed by atoms with Crippen LogP contribution in [0.5, 0.6) is 0 Å². The second-order valence-electron chi connectivity index (χ2n) is 8.64. The Morgan fingerprint density at radius 3 is 2.69 bits per heavy atom. The van der Waals surface area contributed by atoms with E-state index in [-0.39, 0.29) is 22.6 Å². The number of fused-ring (bicyclic) bond motifs is 1. The fourth-order valence-corrected chi connectivity index (χ4v) is 6.40. The summed E-state index contributed by atoms with van der Waals surface area (Å²) in [5, 5.41) is 5.06. The molecule has 1 unspecified atom stereocenters. The van der Waals surface area contributed by atoms with E-state index >= 15 is 0 Å². The number of piperidine rings is 1. The van der Waals surface area contributed by atoms with Crippen LogP contribution in [-0.4, -0.2) is 59.3 Å². The molecule has 0 saturated carbocycles. The Balaban J connectivity index is 1.36. The van der Waals surface area contributed by atoms with Gasteiger partial charge in [-0.15, -0.1) is 11.3 Å². The average Bonchev–Trinajstić information content (AvgIpc) is 3.45. The molecule has 0 aromatic carbocycles. The van der Waals surface area contributed by atoms with E-state index in [1.807, 2.05) is 34.7 Å². The van der Waals surface area contributed by atoms with E-state index in [0.29, 0.717) is 0 Å². The third-order valence-corrected chi connectivity index (χ3v) is 8.03. The van der Waals surface area contributed by atoms with Crippen molar-refractivity contribution >= 4 is 23.2 Å². The summed E-state index contributed by atoms with van der Waals surface area (Å²) in [6.07, 6.45) is 6.38. The first-order valence-corrected chi connectivity index (χ1v) is 11.2. The number of amides is 2. The molecular formula is C22H26N4O2S. The lowest BCUT2D eigenvalue weighted by molar-refractivity contribution is -0.133. The Hall–Kier alpha value is -2.25. The minimum atomic E-state index is -0.326. The lowest BCUT2D eigenvalue weighted by Crippen LogP contribution is -2.53. The number of rotatable bonds is 3. The summed E-state index contributed by atoms with van der Waals surface area (Å²) in [5.74, 6) is 0.342. The van der Waals surface area contributed by atoms with Crippen LogP contribution in [0.3, 0.4) is 0 Å². The number of carbonyl (C=O) groups excluding carboxylic acids is 2. The zero-order valence-corrected chi connectivity index (χ0v) is 17.3. The van der Waals surface area contributed by atoms with Crippen molar-refractivity contribution in [2.45, 2.75) is 25.8 Å². The zero-order valence-electron chi connectivity index (χ0n) is 16.5. The molecule has 1 N–H and O–H groups in total. The van der Waals surface area contributed by atoms with Crippen LogP contribution in [0, 0.1) is 10.8 Å². The number of carbonyl (C=O) groups is 2. The summed E-state index contributed by atoms with van der Waals surface area (Å²) in [4.78, 5) is 35.3. The molecule has 0 radical (unpaired) electrons. The number of nitrogens with zero attached hydrogens (tertiary/aromatic N) is 3.